The van der Waals surface area contributed by atoms with Crippen molar-refractivity contribution >= 4 is 5.97 Å². The minimum Gasteiger partial charge on any atom is -0.456 e. The highest BCUT2D eigenvalue weighted by molar-refractivity contribution is 5.87. The van der Waals surface area contributed by atoms with Gasteiger partial charge in [0.15, 0.2) is 0 Å². The van der Waals surface area contributed by atoms with Gasteiger partial charge in [0.2, 0.25) is 0 Å². The number of hydrogen-bond acceptors (Lipinski definition) is 2. The molecule has 0 aliphatic carbocycles. The van der Waals surface area contributed by atoms with Crippen LogP contribution in [-0.4, -0.2) is 11.6 Å². The van der Waals surface area contributed by atoms with Crippen LogP contribution in [0.1, 0.15) is 47.0 Å². The van der Waals surface area contributed by atoms with Crippen molar-refractivity contribution in [2.24, 2.45) is 0 Å². The van der Waals surface area contributed by atoms with Gasteiger partial charge in [-0.1, -0.05) is 19.9 Å². The summed E-state index contributed by atoms with van der Waals surface area (Å²) >= 11 is 0. The molecule has 0 atom stereocenters. The quantitative estimate of drug-likeness (QED) is 0.485. The highest BCUT2D eigenvalue weighted by Gasteiger charge is 2.21. The molecule has 0 aromatic heterocycles. The number of hydrogen-bond donors (Lipinski definition) is 0. The van der Waals surface area contributed by atoms with Crippen molar-refractivity contribution in [1.29, 1.82) is 0 Å². The summed E-state index contributed by atoms with van der Waals surface area (Å²) in [6.07, 6.45) is 3.10. The first kappa shape index (κ1) is 12.2. The van der Waals surface area contributed by atoms with Gasteiger partial charge < -0.3 is 4.74 Å². The molecule has 0 aromatic rings. The second kappa shape index (κ2) is 5.05. The van der Waals surface area contributed by atoms with Crippen LogP contribution in [0, 0.1) is 0 Å². The molecule has 13 heavy (non-hydrogen) atoms. The molecule has 76 valence electrons. The molecule has 0 saturated heterocycles. The Labute approximate surface area is 81.0 Å². The highest BCUT2D eigenvalue weighted by Crippen LogP contribution is 2.19. The van der Waals surface area contributed by atoms with Gasteiger partial charge in [-0.3, -0.25) is 0 Å². The molecule has 0 aliphatic rings. The van der Waals surface area contributed by atoms with Crippen LogP contribution in [-0.2, 0) is 9.53 Å². The summed E-state index contributed by atoms with van der Waals surface area (Å²) in [7, 11) is 0. The summed E-state index contributed by atoms with van der Waals surface area (Å²) in [4.78, 5) is 11.2. The fourth-order valence-electron chi connectivity index (χ4n) is 0.992. The monoisotopic (exact) mass is 184 g/mol. The molecule has 0 unspecified atom stereocenters. The zero-order chi connectivity index (χ0) is 10.5. The van der Waals surface area contributed by atoms with Gasteiger partial charge in [-0.05, 0) is 33.6 Å². The maximum absolute atomic E-state index is 11.2. The first-order valence-electron chi connectivity index (χ1n) is 4.78. The lowest BCUT2D eigenvalue weighted by atomic mass is 10.0. The van der Waals surface area contributed by atoms with Crippen LogP contribution >= 0.6 is 0 Å². The topological polar surface area (TPSA) is 26.3 Å². The summed E-state index contributed by atoms with van der Waals surface area (Å²) in [6.45, 7) is 11.2. The molecule has 0 amide bonds. The summed E-state index contributed by atoms with van der Waals surface area (Å²) in [6, 6.07) is 0. The lowest BCUT2D eigenvalue weighted by Crippen LogP contribution is -2.28. The third kappa shape index (κ3) is 5.45. The van der Waals surface area contributed by atoms with E-state index in [1.54, 1.807) is 6.92 Å². The number of esters is 1. The average molecular weight is 184 g/mol. The molecule has 0 saturated carbocycles. The Morgan fingerprint density at radius 1 is 1.46 bits per heavy atom. The Balaban J connectivity index is 4.00. The van der Waals surface area contributed by atoms with Crippen molar-refractivity contribution in [2.75, 3.05) is 0 Å². The fraction of sp³-hybridized carbons (Fsp3) is 0.727. The molecular formula is C11H20O2. The predicted octanol–water partition coefficient (Wildman–Crippen LogP) is 3.07. The normalized spacial score (nSPS) is 11.1. The van der Waals surface area contributed by atoms with E-state index in [1.807, 2.05) is 13.8 Å². The van der Waals surface area contributed by atoms with E-state index in [9.17, 15) is 4.79 Å². The van der Waals surface area contributed by atoms with Gasteiger partial charge in [0.05, 0.1) is 0 Å². The molecule has 0 fully saturated rings. The van der Waals surface area contributed by atoms with Gasteiger partial charge in [0.25, 0.3) is 0 Å². The third-order valence-corrected chi connectivity index (χ3v) is 1.85. The lowest BCUT2D eigenvalue weighted by molar-refractivity contribution is -0.152. The number of rotatable bonds is 5. The zero-order valence-corrected chi connectivity index (χ0v) is 9.14. The average Bonchev–Trinajstić information content (AvgIpc) is 2.00. The number of carbonyl (C=O) groups excluding carboxylic acids is 1. The molecule has 0 heterocycles. The van der Waals surface area contributed by atoms with Crippen LogP contribution in [0.2, 0.25) is 0 Å². The molecule has 0 radical (unpaired) electrons. The van der Waals surface area contributed by atoms with Crippen molar-refractivity contribution in [2.45, 2.75) is 52.6 Å². The van der Waals surface area contributed by atoms with Gasteiger partial charge >= 0.3 is 5.97 Å². The maximum atomic E-state index is 11.2. The van der Waals surface area contributed by atoms with Crippen molar-refractivity contribution in [1.82, 2.24) is 0 Å². The van der Waals surface area contributed by atoms with Crippen LogP contribution < -0.4 is 0 Å². The van der Waals surface area contributed by atoms with Crippen molar-refractivity contribution < 1.29 is 9.53 Å². The Kier molecular flexibility index (Phi) is 4.74. The summed E-state index contributed by atoms with van der Waals surface area (Å²) in [5, 5.41) is 0. The van der Waals surface area contributed by atoms with E-state index in [4.69, 9.17) is 4.74 Å². The van der Waals surface area contributed by atoms with Crippen molar-refractivity contribution in [3.05, 3.63) is 12.2 Å². The highest BCUT2D eigenvalue weighted by atomic mass is 16.6. The summed E-state index contributed by atoms with van der Waals surface area (Å²) in [5.74, 6) is -0.291. The second-order valence-corrected chi connectivity index (χ2v) is 4.03. The molecule has 0 spiro atoms. The fourth-order valence-corrected chi connectivity index (χ4v) is 0.992. The maximum Gasteiger partial charge on any atom is 0.333 e. The van der Waals surface area contributed by atoms with E-state index in [1.165, 1.54) is 0 Å². The van der Waals surface area contributed by atoms with Crippen molar-refractivity contribution in [3.63, 3.8) is 0 Å². The molecule has 0 bridgehead atoms. The van der Waals surface area contributed by atoms with Crippen LogP contribution in [0.5, 0.6) is 0 Å². The van der Waals surface area contributed by atoms with Crippen molar-refractivity contribution in [3.8, 4) is 0 Å². The van der Waals surface area contributed by atoms with E-state index in [0.717, 1.165) is 19.3 Å². The van der Waals surface area contributed by atoms with Crippen LogP contribution in [0.4, 0.5) is 0 Å². The second-order valence-electron chi connectivity index (χ2n) is 4.03. The first-order chi connectivity index (χ1) is 5.89. The van der Waals surface area contributed by atoms with Gasteiger partial charge in [-0.2, -0.15) is 0 Å². The van der Waals surface area contributed by atoms with E-state index < -0.39 is 0 Å². The van der Waals surface area contributed by atoms with Gasteiger partial charge in [0, 0.05) is 5.57 Å². The third-order valence-electron chi connectivity index (χ3n) is 1.85. The van der Waals surface area contributed by atoms with Crippen LogP contribution in [0.15, 0.2) is 12.2 Å². The molecule has 0 rings (SSSR count). The number of unbranched alkanes of at least 4 members (excludes halogenated alkanes) is 1. The summed E-state index contributed by atoms with van der Waals surface area (Å²) < 4.78 is 5.26. The smallest absolute Gasteiger partial charge is 0.333 e. The van der Waals surface area contributed by atoms with Gasteiger partial charge in [0.1, 0.15) is 5.60 Å². The van der Waals surface area contributed by atoms with Crippen LogP contribution in [0.25, 0.3) is 0 Å². The minimum atomic E-state index is -0.355. The largest absolute Gasteiger partial charge is 0.456 e. The Hall–Kier alpha value is -0.790. The van der Waals surface area contributed by atoms with E-state index >= 15 is 0 Å². The van der Waals surface area contributed by atoms with E-state index in [2.05, 4.69) is 13.5 Å². The minimum absolute atomic E-state index is 0.291. The molecule has 0 aromatic carbocycles. The number of carbonyl (C=O) groups is 1. The molecule has 2 heteroatoms. The Morgan fingerprint density at radius 3 is 2.38 bits per heavy atom. The lowest BCUT2D eigenvalue weighted by Gasteiger charge is -2.24. The molecule has 0 N–H and O–H groups in total. The standard InChI is InChI=1S/C11H20O2/c1-6-7-8-11(4,5)13-10(12)9(2)3/h2,6-8H2,1,3-5H3. The molecule has 2 nitrogen and oxygen atoms in total. The SMILES string of the molecule is C=C(C)C(=O)OC(C)(C)CCCC. The zero-order valence-electron chi connectivity index (χ0n) is 9.14. The van der Waals surface area contributed by atoms with Gasteiger partial charge in [-0.15, -0.1) is 0 Å². The Bertz CT molecular complexity index is 192. The first-order valence-corrected chi connectivity index (χ1v) is 4.78. The predicted molar refractivity (Wildman–Crippen MR) is 54.5 cm³/mol. The Morgan fingerprint density at radius 2 is 2.00 bits per heavy atom. The molecular weight excluding hydrogens is 164 g/mol. The summed E-state index contributed by atoms with van der Waals surface area (Å²) in [5.41, 5.74) is 0.107. The molecule has 0 aliphatic heterocycles. The van der Waals surface area contributed by atoms with E-state index in [-0.39, 0.29) is 11.6 Å². The van der Waals surface area contributed by atoms with E-state index in [0.29, 0.717) is 5.57 Å². The number of ether oxygens (including phenoxy) is 1. The van der Waals surface area contributed by atoms with Crippen LogP contribution in [0.3, 0.4) is 0 Å². The van der Waals surface area contributed by atoms with Gasteiger partial charge in [-0.25, -0.2) is 4.79 Å².